The van der Waals surface area contributed by atoms with Crippen LogP contribution >= 0.6 is 0 Å². The number of carbonyl (C=O) groups excluding carboxylic acids is 1. The number of aldehydes is 1. The summed E-state index contributed by atoms with van der Waals surface area (Å²) in [5.74, 6) is 0.0775. The molecule has 1 unspecified atom stereocenters. The standard InChI is InChI=1S/C8H14O3/c1-8(10,6-9)7-2-4-11-5-3-7/h6-7,10H,2-5H2,1H3. The molecule has 0 bridgehead atoms. The van der Waals surface area contributed by atoms with Crippen LogP contribution in [-0.4, -0.2) is 30.2 Å². The van der Waals surface area contributed by atoms with Crippen LogP contribution in [0.5, 0.6) is 0 Å². The Morgan fingerprint density at radius 2 is 2.09 bits per heavy atom. The highest BCUT2D eigenvalue weighted by Crippen LogP contribution is 2.25. The van der Waals surface area contributed by atoms with Crippen molar-refractivity contribution in [3.8, 4) is 0 Å². The van der Waals surface area contributed by atoms with E-state index in [9.17, 15) is 9.90 Å². The first kappa shape index (κ1) is 8.68. The molecule has 0 radical (unpaired) electrons. The maximum atomic E-state index is 10.4. The smallest absolute Gasteiger partial charge is 0.151 e. The average molecular weight is 158 g/mol. The molecule has 0 aromatic rings. The molecule has 0 aliphatic carbocycles. The van der Waals surface area contributed by atoms with Crippen LogP contribution in [0.4, 0.5) is 0 Å². The highest BCUT2D eigenvalue weighted by molar-refractivity contribution is 5.61. The van der Waals surface area contributed by atoms with Crippen LogP contribution in [-0.2, 0) is 9.53 Å². The second-order valence-corrected chi connectivity index (χ2v) is 3.23. The first-order valence-corrected chi connectivity index (χ1v) is 3.93. The van der Waals surface area contributed by atoms with E-state index in [1.807, 2.05) is 0 Å². The minimum absolute atomic E-state index is 0.0775. The quantitative estimate of drug-likeness (QED) is 0.590. The lowest BCUT2D eigenvalue weighted by Crippen LogP contribution is -2.39. The Kier molecular flexibility index (Phi) is 2.62. The zero-order chi connectivity index (χ0) is 8.32. The number of hydrogen-bond acceptors (Lipinski definition) is 3. The Balaban J connectivity index is 2.50. The molecule has 1 saturated heterocycles. The Morgan fingerprint density at radius 3 is 2.55 bits per heavy atom. The van der Waals surface area contributed by atoms with Gasteiger partial charge in [-0.1, -0.05) is 0 Å². The Labute approximate surface area is 66.4 Å². The third-order valence-electron chi connectivity index (χ3n) is 2.29. The van der Waals surface area contributed by atoms with Gasteiger partial charge in [-0.05, 0) is 25.7 Å². The fourth-order valence-electron chi connectivity index (χ4n) is 1.38. The summed E-state index contributed by atoms with van der Waals surface area (Å²) in [4.78, 5) is 10.4. The lowest BCUT2D eigenvalue weighted by atomic mass is 9.84. The van der Waals surface area contributed by atoms with Crippen molar-refractivity contribution < 1.29 is 14.6 Å². The second-order valence-electron chi connectivity index (χ2n) is 3.23. The summed E-state index contributed by atoms with van der Waals surface area (Å²) in [6.45, 7) is 2.89. The summed E-state index contributed by atoms with van der Waals surface area (Å²) >= 11 is 0. The molecule has 3 nitrogen and oxygen atoms in total. The van der Waals surface area contributed by atoms with Crippen LogP contribution < -0.4 is 0 Å². The predicted octanol–water partition coefficient (Wildman–Crippen LogP) is 0.363. The molecule has 0 amide bonds. The number of carbonyl (C=O) groups is 1. The Hall–Kier alpha value is -0.410. The molecule has 64 valence electrons. The molecule has 1 N–H and O–H groups in total. The van der Waals surface area contributed by atoms with Crippen molar-refractivity contribution in [2.45, 2.75) is 25.4 Å². The Bertz CT molecular complexity index is 136. The van der Waals surface area contributed by atoms with Gasteiger partial charge in [0.2, 0.25) is 0 Å². The van der Waals surface area contributed by atoms with Crippen molar-refractivity contribution in [1.82, 2.24) is 0 Å². The van der Waals surface area contributed by atoms with E-state index in [2.05, 4.69) is 0 Å². The molecular formula is C8H14O3. The highest BCUT2D eigenvalue weighted by atomic mass is 16.5. The van der Waals surface area contributed by atoms with Gasteiger partial charge < -0.3 is 14.6 Å². The molecule has 0 aromatic heterocycles. The van der Waals surface area contributed by atoms with Gasteiger partial charge in [-0.2, -0.15) is 0 Å². The fourth-order valence-corrected chi connectivity index (χ4v) is 1.38. The lowest BCUT2D eigenvalue weighted by Gasteiger charge is -2.30. The van der Waals surface area contributed by atoms with Crippen LogP contribution in [0.15, 0.2) is 0 Å². The van der Waals surface area contributed by atoms with Crippen LogP contribution in [0.2, 0.25) is 0 Å². The molecule has 1 heterocycles. The van der Waals surface area contributed by atoms with Crippen LogP contribution in [0, 0.1) is 5.92 Å². The SMILES string of the molecule is CC(O)(C=O)C1CCOCC1. The number of aliphatic hydroxyl groups is 1. The molecule has 1 aliphatic rings. The van der Waals surface area contributed by atoms with E-state index in [-0.39, 0.29) is 5.92 Å². The summed E-state index contributed by atoms with van der Waals surface area (Å²) in [5, 5.41) is 9.52. The van der Waals surface area contributed by atoms with Gasteiger partial charge in [0.15, 0.2) is 6.29 Å². The second kappa shape index (κ2) is 3.32. The minimum atomic E-state index is -1.15. The van der Waals surface area contributed by atoms with Gasteiger partial charge in [0.25, 0.3) is 0 Å². The van der Waals surface area contributed by atoms with Crippen molar-refractivity contribution in [2.75, 3.05) is 13.2 Å². The zero-order valence-electron chi connectivity index (χ0n) is 6.75. The maximum Gasteiger partial charge on any atom is 0.151 e. The van der Waals surface area contributed by atoms with Gasteiger partial charge in [0, 0.05) is 13.2 Å². The van der Waals surface area contributed by atoms with Crippen molar-refractivity contribution in [1.29, 1.82) is 0 Å². The van der Waals surface area contributed by atoms with E-state index in [0.717, 1.165) is 12.8 Å². The molecule has 11 heavy (non-hydrogen) atoms. The molecular weight excluding hydrogens is 144 g/mol. The number of ether oxygens (including phenoxy) is 1. The predicted molar refractivity (Wildman–Crippen MR) is 40.2 cm³/mol. The summed E-state index contributed by atoms with van der Waals surface area (Å²) in [5.41, 5.74) is -1.15. The first-order chi connectivity index (χ1) is 5.17. The van der Waals surface area contributed by atoms with Crippen LogP contribution in [0.3, 0.4) is 0 Å². The first-order valence-electron chi connectivity index (χ1n) is 3.93. The van der Waals surface area contributed by atoms with Gasteiger partial charge in [-0.25, -0.2) is 0 Å². The average Bonchev–Trinajstić information content (AvgIpc) is 2.06. The van der Waals surface area contributed by atoms with Gasteiger partial charge >= 0.3 is 0 Å². The lowest BCUT2D eigenvalue weighted by molar-refractivity contribution is -0.131. The van der Waals surface area contributed by atoms with Crippen molar-refractivity contribution in [3.05, 3.63) is 0 Å². The third-order valence-corrected chi connectivity index (χ3v) is 2.29. The maximum absolute atomic E-state index is 10.4. The third kappa shape index (κ3) is 2.01. The Morgan fingerprint density at radius 1 is 1.55 bits per heavy atom. The normalized spacial score (nSPS) is 26.0. The van der Waals surface area contributed by atoms with Crippen molar-refractivity contribution >= 4 is 6.29 Å². The van der Waals surface area contributed by atoms with E-state index in [1.165, 1.54) is 0 Å². The topological polar surface area (TPSA) is 46.5 Å². The van der Waals surface area contributed by atoms with Crippen molar-refractivity contribution in [3.63, 3.8) is 0 Å². The largest absolute Gasteiger partial charge is 0.382 e. The van der Waals surface area contributed by atoms with E-state index < -0.39 is 5.60 Å². The summed E-state index contributed by atoms with van der Waals surface area (Å²) in [7, 11) is 0. The fraction of sp³-hybridized carbons (Fsp3) is 0.875. The molecule has 1 fully saturated rings. The van der Waals surface area contributed by atoms with Gasteiger partial charge in [-0.3, -0.25) is 0 Å². The van der Waals surface area contributed by atoms with Gasteiger partial charge in [-0.15, -0.1) is 0 Å². The molecule has 0 spiro atoms. The summed E-state index contributed by atoms with van der Waals surface area (Å²) in [6.07, 6.45) is 2.19. The molecule has 0 aromatic carbocycles. The molecule has 1 rings (SSSR count). The summed E-state index contributed by atoms with van der Waals surface area (Å²) in [6, 6.07) is 0. The number of rotatable bonds is 2. The van der Waals surface area contributed by atoms with E-state index in [0.29, 0.717) is 19.5 Å². The minimum Gasteiger partial charge on any atom is -0.382 e. The number of hydrogen-bond donors (Lipinski definition) is 1. The molecule has 3 heteroatoms. The zero-order valence-corrected chi connectivity index (χ0v) is 6.75. The monoisotopic (exact) mass is 158 g/mol. The summed E-state index contributed by atoms with van der Waals surface area (Å²) < 4.78 is 5.11. The van der Waals surface area contributed by atoms with E-state index in [4.69, 9.17) is 4.74 Å². The van der Waals surface area contributed by atoms with Crippen molar-refractivity contribution in [2.24, 2.45) is 5.92 Å². The van der Waals surface area contributed by atoms with Gasteiger partial charge in [0.1, 0.15) is 5.60 Å². The molecule has 0 saturated carbocycles. The van der Waals surface area contributed by atoms with Gasteiger partial charge in [0.05, 0.1) is 0 Å². The molecule has 1 aliphatic heterocycles. The highest BCUT2D eigenvalue weighted by Gasteiger charge is 2.32. The van der Waals surface area contributed by atoms with Crippen LogP contribution in [0.25, 0.3) is 0 Å². The van der Waals surface area contributed by atoms with E-state index >= 15 is 0 Å². The van der Waals surface area contributed by atoms with E-state index in [1.54, 1.807) is 6.92 Å². The van der Waals surface area contributed by atoms with Crippen LogP contribution in [0.1, 0.15) is 19.8 Å². The molecule has 1 atom stereocenters.